The number of benzene rings is 3. The zero-order valence-corrected chi connectivity index (χ0v) is 16.7. The maximum Gasteiger partial charge on any atom is 0.251 e. The number of amides is 1. The lowest BCUT2D eigenvalue weighted by atomic mass is 9.99. The van der Waals surface area contributed by atoms with E-state index in [4.69, 9.17) is 0 Å². The molecule has 0 aliphatic heterocycles. The molecule has 7 heteroatoms. The molecule has 3 aromatic carbocycles. The molecule has 1 unspecified atom stereocenters. The summed E-state index contributed by atoms with van der Waals surface area (Å²) in [5.41, 5.74) is 0.983. The van der Waals surface area contributed by atoms with E-state index < -0.39 is 26.6 Å². The highest BCUT2D eigenvalue weighted by atomic mass is 32.2. The molecule has 1 amide bonds. The summed E-state index contributed by atoms with van der Waals surface area (Å²) in [5.74, 6) is -1.43. The van der Waals surface area contributed by atoms with Crippen LogP contribution < -0.4 is 10.0 Å². The van der Waals surface area contributed by atoms with E-state index in [-0.39, 0.29) is 18.2 Å². The van der Waals surface area contributed by atoms with Gasteiger partial charge in [-0.3, -0.25) is 4.79 Å². The Bertz CT molecular complexity index is 1170. The fourth-order valence-electron chi connectivity index (χ4n) is 3.08. The van der Waals surface area contributed by atoms with Crippen LogP contribution in [0.2, 0.25) is 0 Å². The Kier molecular flexibility index (Phi) is 6.10. The summed E-state index contributed by atoms with van der Waals surface area (Å²) in [6, 6.07) is 16.6. The molecule has 0 aromatic heterocycles. The highest BCUT2D eigenvalue weighted by molar-refractivity contribution is 7.89. The summed E-state index contributed by atoms with van der Waals surface area (Å²) in [5, 5.41) is 4.92. The first-order valence-corrected chi connectivity index (χ1v) is 10.5. The second-order valence-electron chi connectivity index (χ2n) is 6.55. The van der Waals surface area contributed by atoms with E-state index in [1.54, 1.807) is 0 Å². The minimum atomic E-state index is -4.09. The predicted octanol–water partition coefficient (Wildman–Crippen LogP) is 3.93. The predicted molar refractivity (Wildman–Crippen MR) is 112 cm³/mol. The zero-order valence-electron chi connectivity index (χ0n) is 15.9. The fraction of sp³-hybridized carbons (Fsp3) is 0.136. The van der Waals surface area contributed by atoms with Crippen LogP contribution in [0, 0.1) is 5.82 Å². The lowest BCUT2D eigenvalue weighted by Crippen LogP contribution is -2.28. The van der Waals surface area contributed by atoms with Crippen molar-refractivity contribution in [1.29, 1.82) is 0 Å². The van der Waals surface area contributed by atoms with Crippen molar-refractivity contribution in [2.75, 3.05) is 6.54 Å². The van der Waals surface area contributed by atoms with Crippen LogP contribution in [0.25, 0.3) is 10.8 Å². The Morgan fingerprint density at radius 3 is 2.62 bits per heavy atom. The van der Waals surface area contributed by atoms with Crippen molar-refractivity contribution < 1.29 is 17.6 Å². The molecule has 29 heavy (non-hydrogen) atoms. The van der Waals surface area contributed by atoms with Crippen molar-refractivity contribution in [3.63, 3.8) is 0 Å². The SMILES string of the molecule is C=CCNS(=O)(=O)c1cc(C(=O)NC(C)c2cccc3ccccc23)ccc1F. The smallest absolute Gasteiger partial charge is 0.251 e. The monoisotopic (exact) mass is 412 g/mol. The van der Waals surface area contributed by atoms with E-state index in [2.05, 4.69) is 16.6 Å². The maximum absolute atomic E-state index is 14.1. The Balaban J connectivity index is 1.87. The van der Waals surface area contributed by atoms with Crippen LogP contribution >= 0.6 is 0 Å². The molecule has 0 spiro atoms. The summed E-state index contributed by atoms with van der Waals surface area (Å²) >= 11 is 0. The first kappa shape index (κ1) is 20.7. The number of carbonyl (C=O) groups is 1. The number of fused-ring (bicyclic) bond motifs is 1. The van der Waals surface area contributed by atoms with E-state index in [0.717, 1.165) is 28.5 Å². The molecule has 0 radical (unpaired) electrons. The van der Waals surface area contributed by atoms with Gasteiger partial charge in [0.1, 0.15) is 10.7 Å². The van der Waals surface area contributed by atoms with Crippen molar-refractivity contribution in [3.8, 4) is 0 Å². The molecule has 2 N–H and O–H groups in total. The molecule has 1 atom stereocenters. The summed E-state index contributed by atoms with van der Waals surface area (Å²) < 4.78 is 40.8. The molecule has 3 aromatic rings. The van der Waals surface area contributed by atoms with Gasteiger partial charge in [0.05, 0.1) is 6.04 Å². The molecular weight excluding hydrogens is 391 g/mol. The van der Waals surface area contributed by atoms with E-state index in [1.807, 2.05) is 49.4 Å². The van der Waals surface area contributed by atoms with Gasteiger partial charge in [-0.05, 0) is 41.5 Å². The van der Waals surface area contributed by atoms with Gasteiger partial charge >= 0.3 is 0 Å². The molecule has 0 bridgehead atoms. The summed E-state index contributed by atoms with van der Waals surface area (Å²) in [6.07, 6.45) is 1.35. The van der Waals surface area contributed by atoms with E-state index in [1.165, 1.54) is 12.1 Å². The molecule has 0 aliphatic carbocycles. The van der Waals surface area contributed by atoms with Gasteiger partial charge in [-0.1, -0.05) is 48.5 Å². The normalized spacial score (nSPS) is 12.5. The standard InChI is InChI=1S/C22H21FN2O3S/c1-3-13-24-29(27,28)21-14-17(11-12-20(21)23)22(26)25-15(2)18-10-6-8-16-7-4-5-9-19(16)18/h3-12,14-15,24H,1,13H2,2H3,(H,25,26). The van der Waals surface area contributed by atoms with E-state index in [0.29, 0.717) is 0 Å². The summed E-state index contributed by atoms with van der Waals surface area (Å²) in [4.78, 5) is 12.1. The Hall–Kier alpha value is -3.03. The Morgan fingerprint density at radius 1 is 1.14 bits per heavy atom. The van der Waals surface area contributed by atoms with Gasteiger partial charge in [0.15, 0.2) is 0 Å². The van der Waals surface area contributed by atoms with Crippen LogP contribution in [0.15, 0.2) is 78.2 Å². The first-order chi connectivity index (χ1) is 13.8. The summed E-state index contributed by atoms with van der Waals surface area (Å²) in [7, 11) is -4.09. The second-order valence-corrected chi connectivity index (χ2v) is 8.28. The van der Waals surface area contributed by atoms with Gasteiger partial charge in [-0.15, -0.1) is 6.58 Å². The molecular formula is C22H21FN2O3S. The fourth-order valence-corrected chi connectivity index (χ4v) is 4.18. The van der Waals surface area contributed by atoms with Crippen molar-refractivity contribution in [2.24, 2.45) is 0 Å². The largest absolute Gasteiger partial charge is 0.345 e. The third kappa shape index (κ3) is 4.52. The van der Waals surface area contributed by atoms with Gasteiger partial charge in [-0.2, -0.15) is 0 Å². The van der Waals surface area contributed by atoms with Crippen molar-refractivity contribution in [3.05, 3.63) is 90.3 Å². The van der Waals surface area contributed by atoms with Crippen molar-refractivity contribution in [1.82, 2.24) is 10.0 Å². The van der Waals surface area contributed by atoms with Crippen LogP contribution in [0.1, 0.15) is 28.9 Å². The lowest BCUT2D eigenvalue weighted by molar-refractivity contribution is 0.0940. The quantitative estimate of drug-likeness (QED) is 0.578. The van der Waals surface area contributed by atoms with Gasteiger partial charge in [0, 0.05) is 12.1 Å². The second kappa shape index (κ2) is 8.55. The third-order valence-corrected chi connectivity index (χ3v) is 5.98. The molecule has 150 valence electrons. The van der Waals surface area contributed by atoms with Gasteiger partial charge in [-0.25, -0.2) is 17.5 Å². The van der Waals surface area contributed by atoms with Crippen LogP contribution in [-0.2, 0) is 10.0 Å². The average Bonchev–Trinajstić information content (AvgIpc) is 2.71. The lowest BCUT2D eigenvalue weighted by Gasteiger charge is -2.17. The highest BCUT2D eigenvalue weighted by Crippen LogP contribution is 2.24. The maximum atomic E-state index is 14.1. The topological polar surface area (TPSA) is 75.3 Å². The molecule has 0 saturated carbocycles. The first-order valence-electron chi connectivity index (χ1n) is 9.02. The van der Waals surface area contributed by atoms with E-state index in [9.17, 15) is 17.6 Å². The minimum Gasteiger partial charge on any atom is -0.345 e. The third-order valence-electron chi connectivity index (χ3n) is 4.54. The molecule has 0 heterocycles. The number of halogens is 1. The number of nitrogens with one attached hydrogen (secondary N) is 2. The molecule has 5 nitrogen and oxygen atoms in total. The molecule has 0 fully saturated rings. The highest BCUT2D eigenvalue weighted by Gasteiger charge is 2.21. The number of hydrogen-bond donors (Lipinski definition) is 2. The van der Waals surface area contributed by atoms with Gasteiger partial charge < -0.3 is 5.32 Å². The zero-order chi connectivity index (χ0) is 21.0. The van der Waals surface area contributed by atoms with Crippen LogP contribution in [0.4, 0.5) is 4.39 Å². The molecule has 0 aliphatic rings. The summed E-state index contributed by atoms with van der Waals surface area (Å²) in [6.45, 7) is 5.22. The minimum absolute atomic E-state index is 0.0453. The van der Waals surface area contributed by atoms with Crippen LogP contribution in [0.5, 0.6) is 0 Å². The van der Waals surface area contributed by atoms with Crippen molar-refractivity contribution in [2.45, 2.75) is 17.9 Å². The Morgan fingerprint density at radius 2 is 1.86 bits per heavy atom. The average molecular weight is 412 g/mol. The van der Waals surface area contributed by atoms with Gasteiger partial charge in [0.25, 0.3) is 5.91 Å². The van der Waals surface area contributed by atoms with Crippen LogP contribution in [0.3, 0.4) is 0 Å². The number of sulfonamides is 1. The van der Waals surface area contributed by atoms with E-state index >= 15 is 0 Å². The number of carbonyl (C=O) groups excluding carboxylic acids is 1. The van der Waals surface area contributed by atoms with Crippen LogP contribution in [-0.4, -0.2) is 20.9 Å². The number of hydrogen-bond acceptors (Lipinski definition) is 3. The molecule has 0 saturated heterocycles. The van der Waals surface area contributed by atoms with Crippen molar-refractivity contribution >= 4 is 26.7 Å². The molecule has 3 rings (SSSR count). The Labute approximate surface area is 169 Å². The number of rotatable bonds is 7. The van der Waals surface area contributed by atoms with Gasteiger partial charge in [0.2, 0.25) is 10.0 Å².